The van der Waals surface area contributed by atoms with Gasteiger partial charge in [-0.2, -0.15) is 15.5 Å². The van der Waals surface area contributed by atoms with Crippen molar-refractivity contribution in [2.45, 2.75) is 31.6 Å². The first-order chi connectivity index (χ1) is 10.9. The molecule has 0 aliphatic carbocycles. The van der Waals surface area contributed by atoms with Crippen LogP contribution in [0, 0.1) is 22.8 Å². The second kappa shape index (κ2) is 6.66. The summed E-state index contributed by atoms with van der Waals surface area (Å²) >= 11 is 0. The van der Waals surface area contributed by atoms with Gasteiger partial charge in [0.15, 0.2) is 0 Å². The average Bonchev–Trinajstić information content (AvgIpc) is 2.52. The van der Waals surface area contributed by atoms with Gasteiger partial charge in [0, 0.05) is 12.1 Å². The van der Waals surface area contributed by atoms with Crippen molar-refractivity contribution in [2.24, 2.45) is 4.99 Å². The number of fused-ring (bicyclic) bond motifs is 1. The lowest BCUT2D eigenvalue weighted by atomic mass is 9.85. The molecule has 120 valence electrons. The van der Waals surface area contributed by atoms with Gasteiger partial charge in [-0.1, -0.05) is 0 Å². The molecule has 0 amide bonds. The third-order valence-corrected chi connectivity index (χ3v) is 3.82. The van der Waals surface area contributed by atoms with Crippen molar-refractivity contribution in [1.29, 1.82) is 10.5 Å². The van der Waals surface area contributed by atoms with Crippen molar-refractivity contribution in [2.75, 3.05) is 13.2 Å². The van der Waals surface area contributed by atoms with Gasteiger partial charge >= 0.3 is 0 Å². The molecule has 0 bridgehead atoms. The van der Waals surface area contributed by atoms with Crippen molar-refractivity contribution < 1.29 is 14.9 Å². The Hall–Kier alpha value is -2.61. The Balaban J connectivity index is 2.57. The van der Waals surface area contributed by atoms with E-state index in [4.69, 9.17) is 15.3 Å². The van der Waals surface area contributed by atoms with Crippen molar-refractivity contribution in [1.82, 2.24) is 4.90 Å². The number of ether oxygens (including phenoxy) is 1. The fourth-order valence-corrected chi connectivity index (χ4v) is 2.68. The normalized spacial score (nSPS) is 21.8. The number of hydrogen-bond acceptors (Lipinski definition) is 6. The van der Waals surface area contributed by atoms with Crippen LogP contribution >= 0.6 is 0 Å². The van der Waals surface area contributed by atoms with Gasteiger partial charge in [0.2, 0.25) is 6.19 Å². The predicted molar refractivity (Wildman–Crippen MR) is 82.5 cm³/mol. The van der Waals surface area contributed by atoms with Gasteiger partial charge in [0.1, 0.15) is 23.8 Å². The lowest BCUT2D eigenvalue weighted by molar-refractivity contribution is -0.0818. The molecular weight excluding hydrogens is 296 g/mol. The highest BCUT2D eigenvalue weighted by atomic mass is 16.5. The van der Waals surface area contributed by atoms with Crippen LogP contribution in [0.3, 0.4) is 0 Å². The summed E-state index contributed by atoms with van der Waals surface area (Å²) in [4.78, 5) is 5.12. The van der Waals surface area contributed by atoms with E-state index in [0.29, 0.717) is 16.9 Å². The SMILES string of the molecule is CC1(C)Oc2ccc(C#N)cc2[C@H](N(C=NC#N)CCO)[C@H]1O. The van der Waals surface area contributed by atoms with Gasteiger partial charge in [-0.3, -0.25) is 0 Å². The summed E-state index contributed by atoms with van der Waals surface area (Å²) < 4.78 is 5.84. The van der Waals surface area contributed by atoms with Gasteiger partial charge in [-0.25, -0.2) is 0 Å². The van der Waals surface area contributed by atoms with Crippen LogP contribution in [0.4, 0.5) is 0 Å². The standard InChI is InChI=1S/C16H18N4O3/c1-16(2)15(22)14(20(5-6-21)10-19-9-18)12-7-11(8-17)3-4-13(12)23-16/h3-4,7,10,14-15,21-22H,5-6H2,1-2H3/t14-,15+/m0/s1. The highest BCUT2D eigenvalue weighted by molar-refractivity contribution is 5.59. The van der Waals surface area contributed by atoms with Crippen LogP contribution in [0.25, 0.3) is 0 Å². The second-order valence-electron chi connectivity index (χ2n) is 5.77. The fourth-order valence-electron chi connectivity index (χ4n) is 2.68. The molecule has 7 heteroatoms. The van der Waals surface area contributed by atoms with Crippen molar-refractivity contribution in [3.8, 4) is 18.0 Å². The molecule has 1 aromatic rings. The molecule has 23 heavy (non-hydrogen) atoms. The molecule has 2 N–H and O–H groups in total. The molecule has 1 aliphatic heterocycles. The summed E-state index contributed by atoms with van der Waals surface area (Å²) in [6.45, 7) is 3.52. The lowest BCUT2D eigenvalue weighted by Crippen LogP contribution is -2.53. The number of aliphatic imine (C=N–C) groups is 1. The van der Waals surface area contributed by atoms with Gasteiger partial charge in [-0.05, 0) is 32.0 Å². The van der Waals surface area contributed by atoms with E-state index in [1.165, 1.54) is 6.34 Å². The molecule has 0 radical (unpaired) electrons. The average molecular weight is 314 g/mol. The summed E-state index contributed by atoms with van der Waals surface area (Å²) in [6, 6.07) is 6.44. The second-order valence-corrected chi connectivity index (χ2v) is 5.77. The summed E-state index contributed by atoms with van der Waals surface area (Å²) in [6.07, 6.45) is 2.00. The Kier molecular flexibility index (Phi) is 4.85. The number of nitriles is 2. The Bertz CT molecular complexity index is 688. The molecule has 2 atom stereocenters. The molecule has 0 aromatic heterocycles. The molecule has 1 aromatic carbocycles. The van der Waals surface area contributed by atoms with E-state index in [0.717, 1.165) is 0 Å². The minimum absolute atomic E-state index is 0.171. The van der Waals surface area contributed by atoms with Crippen LogP contribution in [-0.2, 0) is 0 Å². The topological polar surface area (TPSA) is 113 Å². The number of benzene rings is 1. The van der Waals surface area contributed by atoms with E-state index in [-0.39, 0.29) is 13.2 Å². The quantitative estimate of drug-likeness (QED) is 0.486. The molecule has 0 fully saturated rings. The molecule has 0 spiro atoms. The Labute approximate surface area is 134 Å². The summed E-state index contributed by atoms with van der Waals surface area (Å²) in [5.41, 5.74) is 0.180. The molecule has 0 saturated heterocycles. The third kappa shape index (κ3) is 3.26. The Morgan fingerprint density at radius 2 is 2.17 bits per heavy atom. The van der Waals surface area contributed by atoms with Crippen LogP contribution in [0.15, 0.2) is 23.2 Å². The van der Waals surface area contributed by atoms with Crippen LogP contribution in [-0.4, -0.2) is 46.3 Å². The maximum absolute atomic E-state index is 10.7. The summed E-state index contributed by atoms with van der Waals surface area (Å²) in [5, 5.41) is 37.8. The van der Waals surface area contributed by atoms with Gasteiger partial charge in [-0.15, -0.1) is 0 Å². The van der Waals surface area contributed by atoms with Gasteiger partial charge < -0.3 is 19.8 Å². The minimum Gasteiger partial charge on any atom is -0.485 e. The van der Waals surface area contributed by atoms with Crippen LogP contribution in [0.2, 0.25) is 0 Å². The molecule has 1 heterocycles. The summed E-state index contributed by atoms with van der Waals surface area (Å²) in [7, 11) is 0. The van der Waals surface area contributed by atoms with Crippen molar-refractivity contribution in [3.05, 3.63) is 29.3 Å². The summed E-state index contributed by atoms with van der Waals surface area (Å²) in [5.74, 6) is 0.553. The van der Waals surface area contributed by atoms with Crippen molar-refractivity contribution >= 4 is 6.34 Å². The lowest BCUT2D eigenvalue weighted by Gasteiger charge is -2.45. The van der Waals surface area contributed by atoms with E-state index in [2.05, 4.69) is 11.1 Å². The van der Waals surface area contributed by atoms with E-state index in [1.807, 2.05) is 0 Å². The highest BCUT2D eigenvalue weighted by Gasteiger charge is 2.45. The van der Waals surface area contributed by atoms with Crippen LogP contribution < -0.4 is 4.74 Å². The van der Waals surface area contributed by atoms with Crippen molar-refractivity contribution in [3.63, 3.8) is 0 Å². The van der Waals surface area contributed by atoms with Crippen LogP contribution in [0.5, 0.6) is 5.75 Å². The maximum Gasteiger partial charge on any atom is 0.207 e. The monoisotopic (exact) mass is 314 g/mol. The molecule has 0 unspecified atom stereocenters. The smallest absolute Gasteiger partial charge is 0.207 e. The number of nitrogens with zero attached hydrogens (tertiary/aromatic N) is 4. The Morgan fingerprint density at radius 1 is 1.43 bits per heavy atom. The first-order valence-corrected chi connectivity index (χ1v) is 7.14. The van der Waals surface area contributed by atoms with E-state index < -0.39 is 17.7 Å². The third-order valence-electron chi connectivity index (χ3n) is 3.82. The van der Waals surface area contributed by atoms with E-state index >= 15 is 0 Å². The zero-order chi connectivity index (χ0) is 17.0. The van der Waals surface area contributed by atoms with Gasteiger partial charge in [0.05, 0.1) is 24.3 Å². The van der Waals surface area contributed by atoms with Gasteiger partial charge in [0.25, 0.3) is 0 Å². The first-order valence-electron chi connectivity index (χ1n) is 7.14. The number of hydrogen-bond donors (Lipinski definition) is 2. The maximum atomic E-state index is 10.7. The highest BCUT2D eigenvalue weighted by Crippen LogP contribution is 2.42. The number of aliphatic hydroxyl groups excluding tert-OH is 2. The Morgan fingerprint density at radius 3 is 2.78 bits per heavy atom. The molecule has 7 nitrogen and oxygen atoms in total. The number of rotatable bonds is 4. The van der Waals surface area contributed by atoms with Crippen LogP contribution in [0.1, 0.15) is 31.0 Å². The molecule has 0 saturated carbocycles. The minimum atomic E-state index is -0.944. The zero-order valence-corrected chi connectivity index (χ0v) is 13.0. The van der Waals surface area contributed by atoms with E-state index in [9.17, 15) is 10.2 Å². The zero-order valence-electron chi connectivity index (χ0n) is 13.0. The molecule has 1 aliphatic rings. The fraction of sp³-hybridized carbons (Fsp3) is 0.438. The van der Waals surface area contributed by atoms with E-state index in [1.54, 1.807) is 43.1 Å². The predicted octanol–water partition coefficient (Wildman–Crippen LogP) is 0.935. The molecular formula is C16H18N4O3. The first kappa shape index (κ1) is 16.8. The largest absolute Gasteiger partial charge is 0.485 e. The number of aliphatic hydroxyl groups is 2. The molecule has 2 rings (SSSR count).